The zero-order valence-electron chi connectivity index (χ0n) is 10.2. The minimum atomic E-state index is -1.30. The van der Waals surface area contributed by atoms with Gasteiger partial charge < -0.3 is 14.4 Å². The van der Waals surface area contributed by atoms with Gasteiger partial charge >= 0.3 is 5.97 Å². The molecule has 1 N–H and O–H groups in total. The van der Waals surface area contributed by atoms with Gasteiger partial charge in [0, 0.05) is 24.1 Å². The molecule has 1 atom stereocenters. The van der Waals surface area contributed by atoms with Crippen molar-refractivity contribution in [3.8, 4) is 0 Å². The van der Waals surface area contributed by atoms with Crippen LogP contribution in [0.15, 0.2) is 24.4 Å². The van der Waals surface area contributed by atoms with Gasteiger partial charge in [-0.3, -0.25) is 0 Å². The van der Waals surface area contributed by atoms with Crippen LogP contribution in [0.4, 0.5) is 0 Å². The summed E-state index contributed by atoms with van der Waals surface area (Å²) in [4.78, 5) is 11.5. The molecule has 0 bridgehead atoms. The number of halogens is 1. The number of aliphatic hydroxyl groups is 1. The minimum absolute atomic E-state index is 0.232. The molecule has 1 heterocycles. The van der Waals surface area contributed by atoms with Crippen molar-refractivity contribution in [2.45, 2.75) is 13.0 Å². The van der Waals surface area contributed by atoms with E-state index in [9.17, 15) is 9.90 Å². The van der Waals surface area contributed by atoms with Gasteiger partial charge in [-0.2, -0.15) is 0 Å². The summed E-state index contributed by atoms with van der Waals surface area (Å²) >= 11 is 6.12. The number of aryl methyl sites for hydroxylation is 1. The minimum Gasteiger partial charge on any atom is -0.464 e. The lowest BCUT2D eigenvalue weighted by Crippen LogP contribution is -2.15. The average molecular weight is 268 g/mol. The van der Waals surface area contributed by atoms with E-state index in [2.05, 4.69) is 0 Å². The molecule has 0 fully saturated rings. The molecule has 5 heteroatoms. The first-order valence-corrected chi connectivity index (χ1v) is 6.01. The number of fused-ring (bicyclic) bond motifs is 1. The fourth-order valence-electron chi connectivity index (χ4n) is 1.86. The zero-order chi connectivity index (χ0) is 13.3. The Labute approximate surface area is 110 Å². The Morgan fingerprint density at radius 3 is 2.94 bits per heavy atom. The van der Waals surface area contributed by atoms with E-state index >= 15 is 0 Å². The molecule has 1 unspecified atom stereocenters. The predicted molar refractivity (Wildman–Crippen MR) is 69.5 cm³/mol. The van der Waals surface area contributed by atoms with Gasteiger partial charge in [0.1, 0.15) is 0 Å². The first-order chi connectivity index (χ1) is 8.54. The summed E-state index contributed by atoms with van der Waals surface area (Å²) in [5, 5.41) is 11.3. The van der Waals surface area contributed by atoms with E-state index in [0.29, 0.717) is 10.6 Å². The van der Waals surface area contributed by atoms with E-state index in [1.165, 1.54) is 0 Å². The van der Waals surface area contributed by atoms with E-state index in [0.717, 1.165) is 10.9 Å². The van der Waals surface area contributed by atoms with E-state index in [4.69, 9.17) is 16.3 Å². The second-order valence-electron chi connectivity index (χ2n) is 4.02. The van der Waals surface area contributed by atoms with Crippen LogP contribution >= 0.6 is 11.6 Å². The van der Waals surface area contributed by atoms with Crippen LogP contribution in [-0.2, 0) is 16.6 Å². The third kappa shape index (κ3) is 2.21. The number of hydrogen-bond donors (Lipinski definition) is 1. The largest absolute Gasteiger partial charge is 0.464 e. The molecule has 0 aliphatic heterocycles. The maximum atomic E-state index is 11.5. The quantitative estimate of drug-likeness (QED) is 0.869. The number of benzene rings is 1. The molecule has 96 valence electrons. The lowest BCUT2D eigenvalue weighted by atomic mass is 10.1. The van der Waals surface area contributed by atoms with Crippen LogP contribution in [0.1, 0.15) is 18.6 Å². The molecule has 0 spiro atoms. The SMILES string of the molecule is CCOC(=O)C(O)c1cc(Cl)c2ccn(C)c2c1. The first-order valence-electron chi connectivity index (χ1n) is 5.63. The average Bonchev–Trinajstić information content (AvgIpc) is 2.71. The van der Waals surface area contributed by atoms with Crippen LogP contribution in [0.2, 0.25) is 5.02 Å². The Kier molecular flexibility index (Phi) is 3.59. The number of ether oxygens (including phenoxy) is 1. The van der Waals surface area contributed by atoms with Crippen molar-refractivity contribution in [3.05, 3.63) is 35.0 Å². The Bertz CT molecular complexity index is 591. The predicted octanol–water partition coefficient (Wildman–Crippen LogP) is 2.43. The van der Waals surface area contributed by atoms with E-state index < -0.39 is 12.1 Å². The fraction of sp³-hybridized carbons (Fsp3) is 0.308. The van der Waals surface area contributed by atoms with Gasteiger partial charge in [0.15, 0.2) is 6.10 Å². The van der Waals surface area contributed by atoms with E-state index in [1.54, 1.807) is 19.1 Å². The molecule has 0 saturated carbocycles. The summed E-state index contributed by atoms with van der Waals surface area (Å²) in [7, 11) is 1.87. The van der Waals surface area contributed by atoms with Crippen LogP contribution in [0, 0.1) is 0 Å². The Hall–Kier alpha value is -1.52. The van der Waals surface area contributed by atoms with Gasteiger partial charge in [0.05, 0.1) is 11.6 Å². The molecule has 4 nitrogen and oxygen atoms in total. The highest BCUT2D eigenvalue weighted by Gasteiger charge is 2.20. The molecule has 2 aromatic rings. The maximum absolute atomic E-state index is 11.5. The lowest BCUT2D eigenvalue weighted by Gasteiger charge is -2.11. The molecule has 1 aromatic carbocycles. The van der Waals surface area contributed by atoms with Crippen molar-refractivity contribution in [2.24, 2.45) is 7.05 Å². The second kappa shape index (κ2) is 5.00. The van der Waals surface area contributed by atoms with Crippen molar-refractivity contribution >= 4 is 28.5 Å². The summed E-state index contributed by atoms with van der Waals surface area (Å²) in [5.41, 5.74) is 1.30. The molecule has 18 heavy (non-hydrogen) atoms. The number of carbonyl (C=O) groups excluding carboxylic acids is 1. The van der Waals surface area contributed by atoms with Crippen LogP contribution in [0.25, 0.3) is 10.9 Å². The van der Waals surface area contributed by atoms with Gasteiger partial charge in [0.2, 0.25) is 0 Å². The highest BCUT2D eigenvalue weighted by atomic mass is 35.5. The maximum Gasteiger partial charge on any atom is 0.339 e. The molecule has 0 saturated heterocycles. The van der Waals surface area contributed by atoms with Gasteiger partial charge in [-0.25, -0.2) is 4.79 Å². The Balaban J connectivity index is 2.45. The monoisotopic (exact) mass is 267 g/mol. The van der Waals surface area contributed by atoms with Gasteiger partial charge in [-0.05, 0) is 30.7 Å². The number of hydrogen-bond acceptors (Lipinski definition) is 3. The molecular weight excluding hydrogens is 254 g/mol. The third-order valence-corrected chi connectivity index (χ3v) is 3.11. The molecule has 0 aliphatic carbocycles. The van der Waals surface area contributed by atoms with Crippen LogP contribution in [0.5, 0.6) is 0 Å². The molecule has 0 amide bonds. The first kappa shape index (κ1) is 12.9. The molecule has 0 aliphatic rings. The van der Waals surface area contributed by atoms with E-state index in [1.807, 2.05) is 23.9 Å². The van der Waals surface area contributed by atoms with Crippen molar-refractivity contribution in [3.63, 3.8) is 0 Å². The number of nitrogens with zero attached hydrogens (tertiary/aromatic N) is 1. The summed E-state index contributed by atoms with van der Waals surface area (Å²) in [6, 6.07) is 5.21. The van der Waals surface area contributed by atoms with Crippen molar-refractivity contribution < 1.29 is 14.6 Å². The van der Waals surface area contributed by atoms with Gasteiger partial charge in [-0.15, -0.1) is 0 Å². The summed E-state index contributed by atoms with van der Waals surface area (Å²) in [6.45, 7) is 1.92. The lowest BCUT2D eigenvalue weighted by molar-refractivity contribution is -0.153. The number of aliphatic hydroxyl groups excluding tert-OH is 1. The third-order valence-electron chi connectivity index (χ3n) is 2.80. The van der Waals surface area contributed by atoms with Crippen molar-refractivity contribution in [1.82, 2.24) is 4.57 Å². The van der Waals surface area contributed by atoms with Crippen LogP contribution in [0.3, 0.4) is 0 Å². The van der Waals surface area contributed by atoms with Crippen molar-refractivity contribution in [2.75, 3.05) is 6.61 Å². The number of esters is 1. The van der Waals surface area contributed by atoms with Crippen molar-refractivity contribution in [1.29, 1.82) is 0 Å². The zero-order valence-corrected chi connectivity index (χ0v) is 10.9. The van der Waals surface area contributed by atoms with E-state index in [-0.39, 0.29) is 6.61 Å². The van der Waals surface area contributed by atoms with Crippen LogP contribution < -0.4 is 0 Å². The Morgan fingerprint density at radius 1 is 1.56 bits per heavy atom. The topological polar surface area (TPSA) is 51.5 Å². The highest BCUT2D eigenvalue weighted by Crippen LogP contribution is 2.29. The summed E-state index contributed by atoms with van der Waals surface area (Å²) < 4.78 is 6.66. The molecule has 1 aromatic heterocycles. The summed E-state index contributed by atoms with van der Waals surface area (Å²) in [5.74, 6) is -0.665. The number of carbonyl (C=O) groups is 1. The fourth-order valence-corrected chi connectivity index (χ4v) is 2.15. The van der Waals surface area contributed by atoms with Gasteiger partial charge in [-0.1, -0.05) is 11.6 Å². The van der Waals surface area contributed by atoms with Crippen LogP contribution in [-0.4, -0.2) is 22.2 Å². The number of aromatic nitrogens is 1. The molecule has 2 rings (SSSR count). The second-order valence-corrected chi connectivity index (χ2v) is 4.42. The highest BCUT2D eigenvalue weighted by molar-refractivity contribution is 6.35. The molecular formula is C13H14ClNO3. The van der Waals surface area contributed by atoms with Gasteiger partial charge in [0.25, 0.3) is 0 Å². The standard InChI is InChI=1S/C13H14ClNO3/c1-3-18-13(17)12(16)8-6-10(14)9-4-5-15(2)11(9)7-8/h4-7,12,16H,3H2,1-2H3. The molecule has 0 radical (unpaired) electrons. The normalized spacial score (nSPS) is 12.7. The smallest absolute Gasteiger partial charge is 0.339 e. The Morgan fingerprint density at radius 2 is 2.28 bits per heavy atom. The summed E-state index contributed by atoms with van der Waals surface area (Å²) in [6.07, 6.45) is 0.568. The number of rotatable bonds is 3.